The standard InChI is InChI=1S/C27H34O8/c1-14-16-7-9-25(4)22(15-8-10-33-13-15)34-19(29)12-27(14,25)35-18-11-17(28)24(2,3)21(26(16,18)5)20(30)23(31)32-6/h8,10,13,16,18,20-22,30H,1,7,9,11-12H2,2-6H3/t16-,18-,20-,21?,22-,25-,26-,27-/m0/s1. The van der Waals surface area contributed by atoms with Crippen LogP contribution in [0.15, 0.2) is 35.2 Å². The van der Waals surface area contributed by atoms with Gasteiger partial charge in [-0.05, 0) is 30.4 Å². The van der Waals surface area contributed by atoms with Gasteiger partial charge in [0.15, 0.2) is 6.10 Å². The highest BCUT2D eigenvalue weighted by Crippen LogP contribution is 2.71. The number of carbonyl (C=O) groups excluding carboxylic acids is 3. The molecule has 8 atom stereocenters. The molecule has 2 aliphatic heterocycles. The smallest absolute Gasteiger partial charge is 0.335 e. The number of fused-ring (bicyclic) bond motifs is 3. The Hall–Kier alpha value is -2.45. The number of cyclic esters (lactones) is 1. The van der Waals surface area contributed by atoms with Crippen LogP contribution in [-0.2, 0) is 28.6 Å². The third-order valence-electron chi connectivity index (χ3n) is 9.96. The number of furan rings is 1. The summed E-state index contributed by atoms with van der Waals surface area (Å²) in [7, 11) is 1.23. The Balaban J connectivity index is 1.65. The number of ketones is 1. The minimum atomic E-state index is -1.50. The van der Waals surface area contributed by atoms with Crippen molar-refractivity contribution >= 4 is 17.7 Å². The van der Waals surface area contributed by atoms with Gasteiger partial charge in [0, 0.05) is 34.1 Å². The van der Waals surface area contributed by atoms with E-state index in [4.69, 9.17) is 18.6 Å². The molecule has 1 N–H and O–H groups in total. The fraction of sp³-hybridized carbons (Fsp3) is 0.667. The maximum absolute atomic E-state index is 13.4. The Morgan fingerprint density at radius 3 is 2.60 bits per heavy atom. The third-order valence-corrected chi connectivity index (χ3v) is 9.96. The van der Waals surface area contributed by atoms with Crippen LogP contribution in [-0.4, -0.2) is 47.7 Å². The Labute approximate surface area is 205 Å². The highest BCUT2D eigenvalue weighted by atomic mass is 16.6. The second-order valence-corrected chi connectivity index (χ2v) is 11.7. The molecule has 2 saturated carbocycles. The van der Waals surface area contributed by atoms with Gasteiger partial charge >= 0.3 is 11.9 Å². The van der Waals surface area contributed by atoms with E-state index in [1.165, 1.54) is 7.11 Å². The van der Waals surface area contributed by atoms with Gasteiger partial charge in [-0.15, -0.1) is 0 Å². The second-order valence-electron chi connectivity index (χ2n) is 11.7. The van der Waals surface area contributed by atoms with Crippen LogP contribution in [0.3, 0.4) is 0 Å². The largest absolute Gasteiger partial charge is 0.472 e. The average molecular weight is 487 g/mol. The summed E-state index contributed by atoms with van der Waals surface area (Å²) in [4.78, 5) is 39.0. The summed E-state index contributed by atoms with van der Waals surface area (Å²) in [5.41, 5.74) is -1.92. The quantitative estimate of drug-likeness (QED) is 0.510. The molecule has 1 spiro atoms. The minimum absolute atomic E-state index is 0.00156. The molecule has 0 amide bonds. The fourth-order valence-electron chi connectivity index (χ4n) is 8.08. The summed E-state index contributed by atoms with van der Waals surface area (Å²) in [5, 5.41) is 11.2. The Morgan fingerprint density at radius 1 is 1.26 bits per heavy atom. The van der Waals surface area contributed by atoms with Gasteiger partial charge in [-0.2, -0.15) is 0 Å². The number of Topliss-reactive ketones (excluding diaryl/α,β-unsaturated/α-hetero) is 1. The van der Waals surface area contributed by atoms with Crippen molar-refractivity contribution in [1.82, 2.24) is 0 Å². The van der Waals surface area contributed by atoms with Crippen molar-refractivity contribution < 1.29 is 38.1 Å². The van der Waals surface area contributed by atoms with Gasteiger partial charge in [-0.1, -0.05) is 34.3 Å². The average Bonchev–Trinajstić information content (AvgIpc) is 3.32. The minimum Gasteiger partial charge on any atom is -0.472 e. The Bertz CT molecular complexity index is 1090. The van der Waals surface area contributed by atoms with Crippen molar-refractivity contribution in [2.75, 3.05) is 7.11 Å². The number of rotatable bonds is 3. The summed E-state index contributed by atoms with van der Waals surface area (Å²) in [6.45, 7) is 12.1. The second kappa shape index (κ2) is 7.53. The van der Waals surface area contributed by atoms with Crippen LogP contribution < -0.4 is 0 Å². The molecule has 2 aliphatic carbocycles. The molecular weight excluding hydrogens is 452 g/mol. The van der Waals surface area contributed by atoms with Crippen molar-refractivity contribution in [2.45, 2.75) is 77.3 Å². The van der Waals surface area contributed by atoms with Gasteiger partial charge in [-0.3, -0.25) is 9.59 Å². The van der Waals surface area contributed by atoms with Gasteiger partial charge in [0.25, 0.3) is 0 Å². The number of aliphatic hydroxyl groups excluding tert-OH is 1. The summed E-state index contributed by atoms with van der Waals surface area (Å²) in [6, 6.07) is 1.79. The van der Waals surface area contributed by atoms with E-state index in [0.717, 1.165) is 11.1 Å². The molecule has 1 aromatic heterocycles. The highest BCUT2D eigenvalue weighted by molar-refractivity contribution is 5.88. The Morgan fingerprint density at radius 2 is 1.97 bits per heavy atom. The van der Waals surface area contributed by atoms with Crippen molar-refractivity contribution in [3.05, 3.63) is 36.3 Å². The fourth-order valence-corrected chi connectivity index (χ4v) is 8.08. The van der Waals surface area contributed by atoms with Gasteiger partial charge in [-0.25, -0.2) is 4.79 Å². The van der Waals surface area contributed by atoms with Crippen LogP contribution in [0.2, 0.25) is 0 Å². The molecule has 1 aromatic rings. The number of methoxy groups -OCH3 is 1. The predicted octanol–water partition coefficient (Wildman–Crippen LogP) is 3.53. The molecular formula is C27H34O8. The van der Waals surface area contributed by atoms with Crippen molar-refractivity contribution in [3.8, 4) is 0 Å². The number of carbonyl (C=O) groups is 3. The van der Waals surface area contributed by atoms with Crippen molar-refractivity contribution in [3.63, 3.8) is 0 Å². The lowest BCUT2D eigenvalue weighted by Crippen LogP contribution is -2.74. The first-order valence-electron chi connectivity index (χ1n) is 12.2. The van der Waals surface area contributed by atoms with E-state index in [9.17, 15) is 19.5 Å². The SMILES string of the molecule is C=C1[C@@H]2CC[C@@]3(C)[C@H](c4ccoc4)OC(=O)C[C@]13O[C@H]1CC(=O)C(C)(C)C([C@H](O)C(=O)OC)[C@]12C. The van der Waals surface area contributed by atoms with Gasteiger partial charge in [0.1, 0.15) is 17.5 Å². The topological polar surface area (TPSA) is 112 Å². The van der Waals surface area contributed by atoms with E-state index in [1.54, 1.807) is 32.4 Å². The predicted molar refractivity (Wildman–Crippen MR) is 123 cm³/mol. The molecule has 0 aromatic carbocycles. The zero-order valence-corrected chi connectivity index (χ0v) is 21.0. The van der Waals surface area contributed by atoms with Crippen molar-refractivity contribution in [2.24, 2.45) is 28.1 Å². The van der Waals surface area contributed by atoms with Crippen molar-refractivity contribution in [1.29, 1.82) is 0 Å². The first-order valence-corrected chi connectivity index (χ1v) is 12.2. The van der Waals surface area contributed by atoms with E-state index in [0.29, 0.717) is 12.8 Å². The normalized spacial score (nSPS) is 43.0. The van der Waals surface area contributed by atoms with Crippen LogP contribution >= 0.6 is 0 Å². The lowest BCUT2D eigenvalue weighted by atomic mass is 9.41. The number of aliphatic hydroxyl groups is 1. The van der Waals surface area contributed by atoms with Crippen LogP contribution in [0.4, 0.5) is 0 Å². The number of hydrogen-bond donors (Lipinski definition) is 1. The third kappa shape index (κ3) is 2.90. The molecule has 0 radical (unpaired) electrons. The molecule has 8 nitrogen and oxygen atoms in total. The summed E-state index contributed by atoms with van der Waals surface area (Å²) >= 11 is 0. The van der Waals surface area contributed by atoms with Gasteiger partial charge < -0.3 is 23.7 Å². The molecule has 3 heterocycles. The van der Waals surface area contributed by atoms with Crippen LogP contribution in [0.1, 0.15) is 65.0 Å². The molecule has 35 heavy (non-hydrogen) atoms. The molecule has 2 bridgehead atoms. The maximum atomic E-state index is 13.4. The monoisotopic (exact) mass is 486 g/mol. The molecule has 5 rings (SSSR count). The number of esters is 2. The Kier molecular flexibility index (Phi) is 5.22. The van der Waals surface area contributed by atoms with Crippen LogP contribution in [0.25, 0.3) is 0 Å². The van der Waals surface area contributed by atoms with E-state index in [2.05, 4.69) is 13.5 Å². The first kappa shape index (κ1) is 24.3. The van der Waals surface area contributed by atoms with Crippen LogP contribution in [0, 0.1) is 28.1 Å². The maximum Gasteiger partial charge on any atom is 0.335 e. The molecule has 190 valence electrons. The molecule has 1 unspecified atom stereocenters. The van der Waals surface area contributed by atoms with Gasteiger partial charge in [0.05, 0.1) is 32.2 Å². The number of hydrogen-bond acceptors (Lipinski definition) is 8. The lowest BCUT2D eigenvalue weighted by molar-refractivity contribution is -0.303. The summed E-state index contributed by atoms with van der Waals surface area (Å²) < 4.78 is 23.0. The van der Waals surface area contributed by atoms with E-state index in [-0.39, 0.29) is 24.5 Å². The number of ether oxygens (including phenoxy) is 3. The summed E-state index contributed by atoms with van der Waals surface area (Å²) in [5.74, 6) is -2.20. The molecule has 2 saturated heterocycles. The lowest BCUT2D eigenvalue weighted by Gasteiger charge is -2.70. The molecule has 8 heteroatoms. The zero-order valence-electron chi connectivity index (χ0n) is 21.0. The molecule has 4 aliphatic rings. The zero-order chi connectivity index (χ0) is 25.6. The molecule has 4 fully saturated rings. The van der Waals surface area contributed by atoms with Crippen LogP contribution in [0.5, 0.6) is 0 Å². The van der Waals surface area contributed by atoms with E-state index >= 15 is 0 Å². The van der Waals surface area contributed by atoms with E-state index < -0.39 is 58.0 Å². The summed E-state index contributed by atoms with van der Waals surface area (Å²) in [6.07, 6.45) is 1.91. The van der Waals surface area contributed by atoms with E-state index in [1.807, 2.05) is 6.92 Å². The highest BCUT2D eigenvalue weighted by Gasteiger charge is 2.74. The van der Waals surface area contributed by atoms with Gasteiger partial charge in [0.2, 0.25) is 0 Å². The first-order chi connectivity index (χ1) is 16.3.